The van der Waals surface area contributed by atoms with E-state index in [1.54, 1.807) is 6.20 Å². The van der Waals surface area contributed by atoms with Gasteiger partial charge in [0.1, 0.15) is 17.8 Å². The SMILES string of the molecule is CCOC(=O)C1CCCN(c2ncnc(Nc3cc(C)ccn3)c2N)C1. The zero-order valence-corrected chi connectivity index (χ0v) is 15.1. The topological polar surface area (TPSA) is 106 Å². The molecule has 0 spiro atoms. The molecular weight excluding hydrogens is 332 g/mol. The van der Waals surface area contributed by atoms with Crippen LogP contribution < -0.4 is 16.0 Å². The van der Waals surface area contributed by atoms with Crippen LogP contribution >= 0.6 is 0 Å². The van der Waals surface area contributed by atoms with Gasteiger partial charge in [0.05, 0.1) is 12.5 Å². The molecule has 138 valence electrons. The molecule has 1 aliphatic heterocycles. The number of nitrogens with zero attached hydrogens (tertiary/aromatic N) is 4. The molecule has 3 N–H and O–H groups in total. The number of pyridine rings is 1. The van der Waals surface area contributed by atoms with Crippen molar-refractivity contribution < 1.29 is 9.53 Å². The van der Waals surface area contributed by atoms with Crippen LogP contribution in [0.4, 0.5) is 23.1 Å². The summed E-state index contributed by atoms with van der Waals surface area (Å²) in [4.78, 5) is 26.9. The van der Waals surface area contributed by atoms with Crippen molar-refractivity contribution in [3.8, 4) is 0 Å². The number of rotatable bonds is 5. The second-order valence-electron chi connectivity index (χ2n) is 6.34. The lowest BCUT2D eigenvalue weighted by Crippen LogP contribution is -2.40. The van der Waals surface area contributed by atoms with Gasteiger partial charge in [-0.05, 0) is 44.4 Å². The lowest BCUT2D eigenvalue weighted by Gasteiger charge is -2.33. The van der Waals surface area contributed by atoms with Gasteiger partial charge in [0.25, 0.3) is 0 Å². The number of hydrogen-bond donors (Lipinski definition) is 2. The summed E-state index contributed by atoms with van der Waals surface area (Å²) < 4.78 is 5.16. The highest BCUT2D eigenvalue weighted by Crippen LogP contribution is 2.31. The minimum absolute atomic E-state index is 0.159. The largest absolute Gasteiger partial charge is 0.466 e. The van der Waals surface area contributed by atoms with Crippen LogP contribution in [0.2, 0.25) is 0 Å². The van der Waals surface area contributed by atoms with E-state index in [-0.39, 0.29) is 11.9 Å². The molecule has 3 heterocycles. The first-order chi connectivity index (χ1) is 12.6. The molecule has 0 bridgehead atoms. The third-order valence-electron chi connectivity index (χ3n) is 4.37. The second-order valence-corrected chi connectivity index (χ2v) is 6.34. The van der Waals surface area contributed by atoms with Crippen LogP contribution in [0.15, 0.2) is 24.7 Å². The number of hydrogen-bond acceptors (Lipinski definition) is 8. The molecule has 1 fully saturated rings. The number of piperidine rings is 1. The summed E-state index contributed by atoms with van der Waals surface area (Å²) in [6, 6.07) is 3.84. The Morgan fingerprint density at radius 3 is 3.04 bits per heavy atom. The van der Waals surface area contributed by atoms with Gasteiger partial charge in [0.15, 0.2) is 11.6 Å². The van der Waals surface area contributed by atoms with E-state index in [2.05, 4.69) is 20.3 Å². The molecule has 26 heavy (non-hydrogen) atoms. The Labute approximate surface area is 152 Å². The van der Waals surface area contributed by atoms with Gasteiger partial charge in [-0.25, -0.2) is 15.0 Å². The summed E-state index contributed by atoms with van der Waals surface area (Å²) >= 11 is 0. The van der Waals surface area contributed by atoms with Gasteiger partial charge < -0.3 is 20.7 Å². The molecule has 2 aromatic heterocycles. The first kappa shape index (κ1) is 17.9. The molecule has 3 rings (SSSR count). The third kappa shape index (κ3) is 4.01. The van der Waals surface area contributed by atoms with Crippen LogP contribution in [0.25, 0.3) is 0 Å². The highest BCUT2D eigenvalue weighted by Gasteiger charge is 2.29. The average Bonchev–Trinajstić information content (AvgIpc) is 2.64. The summed E-state index contributed by atoms with van der Waals surface area (Å²) in [5.41, 5.74) is 7.84. The van der Waals surface area contributed by atoms with Crippen molar-refractivity contribution >= 4 is 29.1 Å². The van der Waals surface area contributed by atoms with Gasteiger partial charge in [0.2, 0.25) is 0 Å². The smallest absolute Gasteiger partial charge is 0.310 e. The molecule has 8 heteroatoms. The number of aromatic nitrogens is 3. The number of anilines is 4. The Bertz CT molecular complexity index is 782. The Morgan fingerprint density at radius 1 is 1.42 bits per heavy atom. The van der Waals surface area contributed by atoms with Crippen LogP contribution in [0, 0.1) is 12.8 Å². The van der Waals surface area contributed by atoms with Crippen molar-refractivity contribution in [3.05, 3.63) is 30.2 Å². The molecular formula is C18H24N6O2. The highest BCUT2D eigenvalue weighted by molar-refractivity contribution is 5.79. The van der Waals surface area contributed by atoms with E-state index in [0.29, 0.717) is 36.3 Å². The number of nitrogens with two attached hydrogens (primary N) is 1. The molecule has 0 aliphatic carbocycles. The molecule has 2 aromatic rings. The monoisotopic (exact) mass is 356 g/mol. The molecule has 1 unspecified atom stereocenters. The fourth-order valence-corrected chi connectivity index (χ4v) is 3.09. The molecule has 1 aliphatic rings. The van der Waals surface area contributed by atoms with E-state index in [1.165, 1.54) is 6.33 Å². The van der Waals surface area contributed by atoms with Gasteiger partial charge in [-0.2, -0.15) is 0 Å². The van der Waals surface area contributed by atoms with E-state index < -0.39 is 0 Å². The predicted molar refractivity (Wildman–Crippen MR) is 100 cm³/mol. The summed E-state index contributed by atoms with van der Waals surface area (Å²) in [7, 11) is 0. The lowest BCUT2D eigenvalue weighted by molar-refractivity contribution is -0.148. The van der Waals surface area contributed by atoms with Crippen LogP contribution in [0.1, 0.15) is 25.3 Å². The normalized spacial score (nSPS) is 17.0. The fourth-order valence-electron chi connectivity index (χ4n) is 3.09. The number of nitrogens with one attached hydrogen (secondary N) is 1. The maximum atomic E-state index is 12.1. The standard InChI is InChI=1S/C18H24N6O2/c1-3-26-18(25)13-5-4-8-24(10-13)17-15(19)16(21-11-22-17)23-14-9-12(2)6-7-20-14/h6-7,9,11,13H,3-5,8,10,19H2,1-2H3,(H,20,21,22,23). The van der Waals surface area contributed by atoms with Crippen LogP contribution in [0.5, 0.6) is 0 Å². The van der Waals surface area contributed by atoms with E-state index in [4.69, 9.17) is 10.5 Å². The maximum Gasteiger partial charge on any atom is 0.310 e. The molecule has 0 radical (unpaired) electrons. The molecule has 1 atom stereocenters. The summed E-state index contributed by atoms with van der Waals surface area (Å²) in [5, 5.41) is 3.14. The van der Waals surface area contributed by atoms with Gasteiger partial charge in [-0.15, -0.1) is 0 Å². The minimum Gasteiger partial charge on any atom is -0.466 e. The van der Waals surface area contributed by atoms with Gasteiger partial charge in [-0.1, -0.05) is 0 Å². The quantitative estimate of drug-likeness (QED) is 0.786. The van der Waals surface area contributed by atoms with Crippen molar-refractivity contribution in [3.63, 3.8) is 0 Å². The number of esters is 1. The van der Waals surface area contributed by atoms with E-state index in [9.17, 15) is 4.79 Å². The molecule has 0 saturated carbocycles. The Hall–Kier alpha value is -2.90. The minimum atomic E-state index is -0.160. The fraction of sp³-hybridized carbons (Fsp3) is 0.444. The highest BCUT2D eigenvalue weighted by atomic mass is 16.5. The molecule has 0 aromatic carbocycles. The first-order valence-electron chi connectivity index (χ1n) is 8.80. The van der Waals surface area contributed by atoms with E-state index in [0.717, 1.165) is 24.9 Å². The van der Waals surface area contributed by atoms with Gasteiger partial charge in [0, 0.05) is 19.3 Å². The van der Waals surface area contributed by atoms with E-state index in [1.807, 2.05) is 30.9 Å². The van der Waals surface area contributed by atoms with Crippen LogP contribution in [-0.2, 0) is 9.53 Å². The second kappa shape index (κ2) is 7.99. The van der Waals surface area contributed by atoms with Crippen LogP contribution in [0.3, 0.4) is 0 Å². The zero-order valence-electron chi connectivity index (χ0n) is 15.1. The first-order valence-corrected chi connectivity index (χ1v) is 8.80. The molecule has 1 saturated heterocycles. The Morgan fingerprint density at radius 2 is 2.27 bits per heavy atom. The molecule has 0 amide bonds. The third-order valence-corrected chi connectivity index (χ3v) is 4.37. The van der Waals surface area contributed by atoms with Gasteiger partial charge >= 0.3 is 5.97 Å². The van der Waals surface area contributed by atoms with Gasteiger partial charge in [-0.3, -0.25) is 4.79 Å². The number of carbonyl (C=O) groups is 1. The van der Waals surface area contributed by atoms with Crippen molar-refractivity contribution in [2.24, 2.45) is 5.92 Å². The van der Waals surface area contributed by atoms with Crippen molar-refractivity contribution in [1.29, 1.82) is 0 Å². The van der Waals surface area contributed by atoms with Crippen molar-refractivity contribution in [2.45, 2.75) is 26.7 Å². The Balaban J connectivity index is 1.79. The van der Waals surface area contributed by atoms with Crippen LogP contribution in [-0.4, -0.2) is 40.6 Å². The van der Waals surface area contributed by atoms with Crippen molar-refractivity contribution in [1.82, 2.24) is 15.0 Å². The summed E-state index contributed by atoms with van der Waals surface area (Å²) in [6.45, 7) is 5.53. The number of aryl methyl sites for hydroxylation is 1. The zero-order chi connectivity index (χ0) is 18.5. The number of nitrogen functional groups attached to an aromatic ring is 1. The number of carbonyl (C=O) groups excluding carboxylic acids is 1. The summed E-state index contributed by atoms with van der Waals surface area (Å²) in [5.74, 6) is 1.49. The maximum absolute atomic E-state index is 12.1. The Kier molecular flexibility index (Phi) is 5.50. The van der Waals surface area contributed by atoms with E-state index >= 15 is 0 Å². The lowest BCUT2D eigenvalue weighted by atomic mass is 9.98. The number of ether oxygens (including phenoxy) is 1. The summed E-state index contributed by atoms with van der Waals surface area (Å²) in [6.07, 6.45) is 4.90. The molecule has 8 nitrogen and oxygen atoms in total. The van der Waals surface area contributed by atoms with Crippen molar-refractivity contribution in [2.75, 3.05) is 35.6 Å². The predicted octanol–water partition coefficient (Wildman–Crippen LogP) is 2.29. The average molecular weight is 356 g/mol.